The van der Waals surface area contributed by atoms with Gasteiger partial charge in [0.05, 0.1) is 26.4 Å². The molecule has 2 heterocycles. The van der Waals surface area contributed by atoms with Gasteiger partial charge < -0.3 is 19.1 Å². The number of methoxy groups -OCH3 is 2. The van der Waals surface area contributed by atoms with Gasteiger partial charge in [0.25, 0.3) is 0 Å². The third-order valence-corrected chi connectivity index (χ3v) is 3.04. The highest BCUT2D eigenvalue weighted by Crippen LogP contribution is 2.29. The van der Waals surface area contributed by atoms with E-state index in [-0.39, 0.29) is 6.10 Å². The van der Waals surface area contributed by atoms with Crippen LogP contribution in [0.25, 0.3) is 0 Å². The zero-order chi connectivity index (χ0) is 13.0. The number of rotatable bonds is 4. The van der Waals surface area contributed by atoms with Crippen LogP contribution >= 0.6 is 11.6 Å². The van der Waals surface area contributed by atoms with Crippen LogP contribution in [0.3, 0.4) is 0 Å². The van der Waals surface area contributed by atoms with E-state index in [9.17, 15) is 0 Å². The summed E-state index contributed by atoms with van der Waals surface area (Å²) >= 11 is 5.86. The molecule has 0 N–H and O–H groups in total. The standard InChI is InChI=1S/C12H17ClN2O3/c1-16-8-9-7-15(5-6-18-9)10-3-4-11(13)14-12(10)17-2/h3-4,9H,5-8H2,1-2H3. The van der Waals surface area contributed by atoms with E-state index in [0.717, 1.165) is 18.8 Å². The van der Waals surface area contributed by atoms with Crippen molar-refractivity contribution in [3.05, 3.63) is 17.3 Å². The molecule has 1 unspecified atom stereocenters. The molecule has 6 heteroatoms. The highest BCUT2D eigenvalue weighted by atomic mass is 35.5. The fraction of sp³-hybridized carbons (Fsp3) is 0.583. The molecule has 0 aromatic carbocycles. The van der Waals surface area contributed by atoms with Gasteiger partial charge in [-0.05, 0) is 12.1 Å². The van der Waals surface area contributed by atoms with E-state index in [2.05, 4.69) is 9.88 Å². The molecule has 1 aromatic rings. The van der Waals surface area contributed by atoms with Crippen molar-refractivity contribution >= 4 is 17.3 Å². The number of ether oxygens (including phenoxy) is 3. The summed E-state index contributed by atoms with van der Waals surface area (Å²) < 4.78 is 16.0. The summed E-state index contributed by atoms with van der Waals surface area (Å²) in [5, 5.41) is 0.428. The van der Waals surface area contributed by atoms with Crippen LogP contribution in [0.5, 0.6) is 5.88 Å². The van der Waals surface area contributed by atoms with E-state index in [0.29, 0.717) is 24.2 Å². The summed E-state index contributed by atoms with van der Waals surface area (Å²) in [6, 6.07) is 3.68. The number of anilines is 1. The van der Waals surface area contributed by atoms with E-state index < -0.39 is 0 Å². The van der Waals surface area contributed by atoms with Gasteiger partial charge in [-0.3, -0.25) is 0 Å². The first kappa shape index (κ1) is 13.4. The van der Waals surface area contributed by atoms with E-state index in [1.807, 2.05) is 6.07 Å². The number of pyridine rings is 1. The fourth-order valence-electron chi connectivity index (χ4n) is 2.03. The Balaban J connectivity index is 2.15. The molecular weight excluding hydrogens is 256 g/mol. The van der Waals surface area contributed by atoms with Crippen molar-refractivity contribution < 1.29 is 14.2 Å². The van der Waals surface area contributed by atoms with Crippen LogP contribution in [0.15, 0.2) is 12.1 Å². The second-order valence-corrected chi connectivity index (χ2v) is 4.44. The summed E-state index contributed by atoms with van der Waals surface area (Å²) in [6.45, 7) is 2.81. The van der Waals surface area contributed by atoms with Crippen LogP contribution in [0.1, 0.15) is 0 Å². The lowest BCUT2D eigenvalue weighted by Crippen LogP contribution is -2.44. The molecule has 0 bridgehead atoms. The van der Waals surface area contributed by atoms with Gasteiger partial charge in [0.1, 0.15) is 10.8 Å². The molecule has 1 fully saturated rings. The van der Waals surface area contributed by atoms with E-state index in [1.165, 1.54) is 0 Å². The Morgan fingerprint density at radius 2 is 2.33 bits per heavy atom. The van der Waals surface area contributed by atoms with Crippen molar-refractivity contribution in [2.75, 3.05) is 45.4 Å². The van der Waals surface area contributed by atoms with Crippen molar-refractivity contribution in [1.29, 1.82) is 0 Å². The van der Waals surface area contributed by atoms with Crippen molar-refractivity contribution in [2.45, 2.75) is 6.10 Å². The van der Waals surface area contributed by atoms with Crippen molar-refractivity contribution in [3.63, 3.8) is 0 Å². The minimum Gasteiger partial charge on any atom is -0.479 e. The molecule has 2 rings (SSSR count). The van der Waals surface area contributed by atoms with Gasteiger partial charge in [-0.1, -0.05) is 11.6 Å². The van der Waals surface area contributed by atoms with Crippen LogP contribution in [-0.4, -0.2) is 51.6 Å². The summed E-state index contributed by atoms with van der Waals surface area (Å²) in [7, 11) is 3.27. The number of halogens is 1. The molecule has 0 amide bonds. The third-order valence-electron chi connectivity index (χ3n) is 2.83. The van der Waals surface area contributed by atoms with Gasteiger partial charge >= 0.3 is 0 Å². The fourth-order valence-corrected chi connectivity index (χ4v) is 2.17. The number of nitrogens with zero attached hydrogens (tertiary/aromatic N) is 2. The first-order valence-electron chi connectivity index (χ1n) is 5.80. The molecule has 1 aliphatic heterocycles. The second-order valence-electron chi connectivity index (χ2n) is 4.06. The van der Waals surface area contributed by atoms with Crippen LogP contribution in [-0.2, 0) is 9.47 Å². The lowest BCUT2D eigenvalue weighted by molar-refractivity contribution is -0.0101. The van der Waals surface area contributed by atoms with E-state index in [4.69, 9.17) is 25.8 Å². The van der Waals surface area contributed by atoms with Gasteiger partial charge in [-0.2, -0.15) is 4.98 Å². The highest BCUT2D eigenvalue weighted by molar-refractivity contribution is 6.29. The minimum absolute atomic E-state index is 0.0733. The number of aromatic nitrogens is 1. The van der Waals surface area contributed by atoms with Crippen molar-refractivity contribution in [2.24, 2.45) is 0 Å². The smallest absolute Gasteiger partial charge is 0.238 e. The molecule has 1 aliphatic rings. The summed E-state index contributed by atoms with van der Waals surface area (Å²) in [6.07, 6.45) is 0.0733. The zero-order valence-electron chi connectivity index (χ0n) is 10.6. The molecule has 0 radical (unpaired) electrons. The molecule has 0 aliphatic carbocycles. The van der Waals surface area contributed by atoms with Crippen molar-refractivity contribution in [3.8, 4) is 5.88 Å². The Morgan fingerprint density at radius 3 is 3.06 bits per heavy atom. The lowest BCUT2D eigenvalue weighted by atomic mass is 10.2. The van der Waals surface area contributed by atoms with Gasteiger partial charge in [-0.25, -0.2) is 0 Å². The molecule has 1 atom stereocenters. The largest absolute Gasteiger partial charge is 0.479 e. The van der Waals surface area contributed by atoms with Crippen molar-refractivity contribution in [1.82, 2.24) is 4.98 Å². The predicted molar refractivity (Wildman–Crippen MR) is 69.6 cm³/mol. The predicted octanol–water partition coefficient (Wildman–Crippen LogP) is 1.60. The van der Waals surface area contributed by atoms with Gasteiger partial charge in [0.2, 0.25) is 5.88 Å². The maximum absolute atomic E-state index is 5.86. The highest BCUT2D eigenvalue weighted by Gasteiger charge is 2.23. The number of morpholine rings is 1. The molecule has 100 valence electrons. The van der Waals surface area contributed by atoms with Gasteiger partial charge in [-0.15, -0.1) is 0 Å². The minimum atomic E-state index is 0.0733. The Kier molecular flexibility index (Phi) is 4.63. The average molecular weight is 273 g/mol. The lowest BCUT2D eigenvalue weighted by Gasteiger charge is -2.34. The Hall–Kier alpha value is -1.04. The Morgan fingerprint density at radius 1 is 1.50 bits per heavy atom. The van der Waals surface area contributed by atoms with E-state index >= 15 is 0 Å². The normalized spacial score (nSPS) is 19.9. The van der Waals surface area contributed by atoms with E-state index in [1.54, 1.807) is 20.3 Å². The first-order chi connectivity index (χ1) is 8.74. The monoisotopic (exact) mass is 272 g/mol. The SMILES string of the molecule is COCC1CN(c2ccc(Cl)nc2OC)CCO1. The van der Waals surface area contributed by atoms with Gasteiger partial charge in [0, 0.05) is 20.2 Å². The van der Waals surface area contributed by atoms with Crippen LogP contribution in [0, 0.1) is 0 Å². The zero-order valence-corrected chi connectivity index (χ0v) is 11.3. The summed E-state index contributed by atoms with van der Waals surface area (Å²) in [5.41, 5.74) is 0.936. The Bertz CT molecular complexity index is 401. The second kappa shape index (κ2) is 6.22. The molecule has 5 nitrogen and oxygen atoms in total. The molecule has 18 heavy (non-hydrogen) atoms. The maximum atomic E-state index is 5.86. The average Bonchev–Trinajstić information content (AvgIpc) is 2.39. The number of hydrogen-bond acceptors (Lipinski definition) is 5. The third kappa shape index (κ3) is 3.04. The topological polar surface area (TPSA) is 43.8 Å². The maximum Gasteiger partial charge on any atom is 0.238 e. The quantitative estimate of drug-likeness (QED) is 0.779. The van der Waals surface area contributed by atoms with Crippen LogP contribution in [0.2, 0.25) is 5.15 Å². The molecule has 1 aromatic heterocycles. The first-order valence-corrected chi connectivity index (χ1v) is 6.18. The number of hydrogen-bond donors (Lipinski definition) is 0. The van der Waals surface area contributed by atoms with Crippen LogP contribution in [0.4, 0.5) is 5.69 Å². The van der Waals surface area contributed by atoms with Gasteiger partial charge in [0.15, 0.2) is 0 Å². The molecular formula is C12H17ClN2O3. The molecule has 0 spiro atoms. The molecule has 0 saturated carbocycles. The molecule has 1 saturated heterocycles. The summed E-state index contributed by atoms with van der Waals surface area (Å²) in [5.74, 6) is 0.542. The Labute approximate surface area is 112 Å². The summed E-state index contributed by atoms with van der Waals surface area (Å²) in [4.78, 5) is 6.34. The van der Waals surface area contributed by atoms with Crippen LogP contribution < -0.4 is 9.64 Å².